The summed E-state index contributed by atoms with van der Waals surface area (Å²) in [6.07, 6.45) is 0. The van der Waals surface area contributed by atoms with Gasteiger partial charge in [-0.25, -0.2) is 0 Å². The second-order valence-corrected chi connectivity index (χ2v) is 12.6. The molecule has 11 aromatic rings. The molecule has 0 bridgehead atoms. The molecule has 1 heterocycles. The highest BCUT2D eigenvalue weighted by molar-refractivity contribution is 6.25. The molecule has 0 unspecified atom stereocenters. The van der Waals surface area contributed by atoms with Crippen LogP contribution < -0.4 is 0 Å². The Hall–Kier alpha value is -6.96. The summed E-state index contributed by atoms with van der Waals surface area (Å²) in [6, 6.07) is 9.08. The van der Waals surface area contributed by atoms with E-state index in [1.54, 1.807) is 18.2 Å². The van der Waals surface area contributed by atoms with Crippen LogP contribution in [0.15, 0.2) is 198 Å². The van der Waals surface area contributed by atoms with Gasteiger partial charge in [-0.15, -0.1) is 0 Å². The van der Waals surface area contributed by atoms with Crippen LogP contribution in [0.3, 0.4) is 0 Å². The first-order chi connectivity index (χ1) is 34.2. The van der Waals surface area contributed by atoms with Crippen LogP contribution in [0.4, 0.5) is 0 Å². The summed E-state index contributed by atoms with van der Waals surface area (Å²) in [6.45, 7) is 0. The SMILES string of the molecule is [2H]c1c([2H])c([2H])c(-c2c3c([2H])c([2H])c([2H])c([2H])c3c(-c3c([2H])c([2H])c(-c4cccc5oc6cc(-c7ccc8ccccc8c7)ccc6c45)c4c([2H])c([2H])c([2H])c([2H])c34)c3c([2H])c([2H])c([2H])c([2H])c23)c([2H])c1[2H]. The lowest BCUT2D eigenvalue weighted by molar-refractivity contribution is 0.669. The lowest BCUT2D eigenvalue weighted by atomic mass is 9.83. The first-order valence-electron chi connectivity index (χ1n) is 26.2. The molecule has 0 saturated carbocycles. The maximum atomic E-state index is 9.99. The molecule has 53 heavy (non-hydrogen) atoms. The van der Waals surface area contributed by atoms with Gasteiger partial charge in [0.2, 0.25) is 0 Å². The van der Waals surface area contributed by atoms with Crippen molar-refractivity contribution >= 4 is 65.0 Å². The fourth-order valence-corrected chi connectivity index (χ4v) is 7.41. The van der Waals surface area contributed by atoms with Crippen molar-refractivity contribution in [3.05, 3.63) is 194 Å². The van der Waals surface area contributed by atoms with E-state index in [4.69, 9.17) is 19.5 Å². The molecule has 0 spiro atoms. The van der Waals surface area contributed by atoms with E-state index in [9.17, 15) is 11.0 Å². The van der Waals surface area contributed by atoms with Gasteiger partial charge in [-0.2, -0.15) is 0 Å². The second-order valence-electron chi connectivity index (χ2n) is 12.6. The molecule has 0 aliphatic heterocycles. The molecular weight excluding hydrogens is 641 g/mol. The Labute approximate surface area is 333 Å². The van der Waals surface area contributed by atoms with Crippen LogP contribution in [0.25, 0.3) is 110 Å². The van der Waals surface area contributed by atoms with Crippen molar-refractivity contribution in [3.8, 4) is 44.5 Å². The average Bonchev–Trinajstić information content (AvgIpc) is 3.76. The van der Waals surface area contributed by atoms with Crippen molar-refractivity contribution in [1.82, 2.24) is 0 Å². The van der Waals surface area contributed by atoms with Crippen LogP contribution in [-0.4, -0.2) is 0 Å². The Morgan fingerprint density at radius 1 is 0.340 bits per heavy atom. The zero-order chi connectivity index (χ0) is 51.4. The third kappa shape index (κ3) is 4.64. The fourth-order valence-electron chi connectivity index (χ4n) is 7.41. The minimum atomic E-state index is -0.872. The number of rotatable bonds is 4. The molecule has 0 saturated heterocycles. The maximum absolute atomic E-state index is 9.99. The number of benzene rings is 10. The van der Waals surface area contributed by atoms with Gasteiger partial charge in [-0.05, 0) is 112 Å². The van der Waals surface area contributed by atoms with E-state index in [0.717, 1.165) is 21.9 Å². The molecule has 1 heteroatoms. The molecule has 0 aliphatic rings. The van der Waals surface area contributed by atoms with Crippen LogP contribution >= 0.6 is 0 Å². The molecule has 0 fully saturated rings. The van der Waals surface area contributed by atoms with Gasteiger partial charge in [0, 0.05) is 10.8 Å². The maximum Gasteiger partial charge on any atom is 0.136 e. The van der Waals surface area contributed by atoms with Crippen LogP contribution in [0.5, 0.6) is 0 Å². The zero-order valence-corrected chi connectivity index (χ0v) is 27.4. The highest BCUT2D eigenvalue weighted by Gasteiger charge is 2.20. The quantitative estimate of drug-likeness (QED) is 0.167. The van der Waals surface area contributed by atoms with Crippen molar-refractivity contribution < 1.29 is 30.5 Å². The Balaban J connectivity index is 1.33. The lowest BCUT2D eigenvalue weighted by Gasteiger charge is -2.19. The molecule has 0 amide bonds. The molecule has 0 atom stereocenters. The summed E-state index contributed by atoms with van der Waals surface area (Å²) < 4.78 is 180. The van der Waals surface area contributed by atoms with E-state index >= 15 is 0 Å². The van der Waals surface area contributed by atoms with Crippen molar-refractivity contribution in [2.75, 3.05) is 0 Å². The van der Waals surface area contributed by atoms with Crippen molar-refractivity contribution in [1.29, 1.82) is 0 Å². The first-order valence-corrected chi connectivity index (χ1v) is 16.7. The van der Waals surface area contributed by atoms with Gasteiger partial charge in [-0.1, -0.05) is 169 Å². The first kappa shape index (κ1) is 16.6. The summed E-state index contributed by atoms with van der Waals surface area (Å²) in [5.74, 6) is 0. The van der Waals surface area contributed by atoms with Gasteiger partial charge in [0.1, 0.15) is 11.2 Å². The van der Waals surface area contributed by atoms with Crippen molar-refractivity contribution in [2.24, 2.45) is 0 Å². The molecule has 246 valence electrons. The highest BCUT2D eigenvalue weighted by Crippen LogP contribution is 2.47. The minimum absolute atomic E-state index is 0.133. The number of fused-ring (bicyclic) bond motifs is 7. The molecule has 0 radical (unpaired) electrons. The normalized spacial score (nSPS) is 16.8. The van der Waals surface area contributed by atoms with Gasteiger partial charge in [0.05, 0.1) is 26.0 Å². The smallest absolute Gasteiger partial charge is 0.136 e. The predicted octanol–water partition coefficient (Wildman–Crippen LogP) is 14.9. The van der Waals surface area contributed by atoms with Crippen LogP contribution in [-0.2, 0) is 0 Å². The molecule has 0 N–H and O–H groups in total. The van der Waals surface area contributed by atoms with E-state index in [-0.39, 0.29) is 16.5 Å². The largest absolute Gasteiger partial charge is 0.456 e. The number of hydrogen-bond donors (Lipinski definition) is 0. The Bertz CT molecular complexity index is 4220. The molecule has 1 nitrogen and oxygen atoms in total. The Morgan fingerprint density at radius 3 is 1.66 bits per heavy atom. The molecule has 1 aromatic heterocycles. The van der Waals surface area contributed by atoms with Crippen LogP contribution in [0, 0.1) is 0 Å². The minimum Gasteiger partial charge on any atom is -0.456 e. The van der Waals surface area contributed by atoms with Crippen molar-refractivity contribution in [3.63, 3.8) is 0 Å². The molecule has 10 aromatic carbocycles. The van der Waals surface area contributed by atoms with Crippen LogP contribution in [0.1, 0.15) is 26.0 Å². The van der Waals surface area contributed by atoms with Gasteiger partial charge in [0.15, 0.2) is 0 Å². The van der Waals surface area contributed by atoms with Crippen LogP contribution in [0.2, 0.25) is 0 Å². The third-order valence-corrected chi connectivity index (χ3v) is 9.72. The summed E-state index contributed by atoms with van der Waals surface area (Å²) in [7, 11) is 0. The number of furan rings is 1. The summed E-state index contributed by atoms with van der Waals surface area (Å²) in [5, 5.41) is 0.0791. The second kappa shape index (κ2) is 11.8. The zero-order valence-electron chi connectivity index (χ0n) is 46.4. The van der Waals surface area contributed by atoms with Gasteiger partial charge < -0.3 is 4.42 Å². The summed E-state index contributed by atoms with van der Waals surface area (Å²) >= 11 is 0. The highest BCUT2D eigenvalue weighted by atomic mass is 16.3. The molecular formula is C52H32O. The van der Waals surface area contributed by atoms with E-state index < -0.39 is 164 Å². The van der Waals surface area contributed by atoms with E-state index in [1.807, 2.05) is 54.6 Å². The monoisotopic (exact) mass is 691 g/mol. The lowest BCUT2D eigenvalue weighted by Crippen LogP contribution is -1.92. The van der Waals surface area contributed by atoms with Gasteiger partial charge in [0.25, 0.3) is 0 Å². The summed E-state index contributed by atoms with van der Waals surface area (Å²) in [5.41, 5.74) is 0.331. The van der Waals surface area contributed by atoms with E-state index in [0.29, 0.717) is 21.9 Å². The molecule has 11 rings (SSSR count). The average molecular weight is 692 g/mol. The van der Waals surface area contributed by atoms with Gasteiger partial charge >= 0.3 is 0 Å². The Morgan fingerprint density at radius 2 is 0.925 bits per heavy atom. The standard InChI is InChI=1S/C52H32O/c1-2-14-34(15-3-1)50-42-19-8-10-21-44(42)51(45-22-11-9-20-43(45)50)46-30-29-40(38-17-6-7-18-39(38)46)41-23-12-24-48-52(41)47-28-27-37(32-49(47)53-48)36-26-25-33-13-4-5-16-35(33)31-36/h1-32H/i1D,2D,3D,6D,7D,8D,9D,10D,11D,14D,15D,17D,18D,19D,20D,21D,22D,29D,30D. The Kier molecular flexibility index (Phi) is 3.69. The van der Waals surface area contributed by atoms with E-state index in [1.165, 1.54) is 0 Å². The summed E-state index contributed by atoms with van der Waals surface area (Å²) in [4.78, 5) is 0. The third-order valence-electron chi connectivity index (χ3n) is 9.72. The van der Waals surface area contributed by atoms with Gasteiger partial charge in [-0.3, -0.25) is 0 Å². The number of hydrogen-bond acceptors (Lipinski definition) is 1. The van der Waals surface area contributed by atoms with E-state index in [2.05, 4.69) is 6.07 Å². The van der Waals surface area contributed by atoms with Crippen molar-refractivity contribution in [2.45, 2.75) is 0 Å². The topological polar surface area (TPSA) is 13.1 Å². The molecule has 0 aliphatic carbocycles. The predicted molar refractivity (Wildman–Crippen MR) is 225 cm³/mol. The fraction of sp³-hybridized carbons (Fsp3) is 0.